The Morgan fingerprint density at radius 1 is 1.25 bits per heavy atom. The van der Waals surface area contributed by atoms with Crippen molar-refractivity contribution in [2.24, 2.45) is 0 Å². The molecule has 0 amide bonds. The molecule has 3 rings (SSSR count). The Labute approximate surface area is 118 Å². The van der Waals surface area contributed by atoms with Gasteiger partial charge in [0.05, 0.1) is 12.3 Å². The molecule has 1 aromatic heterocycles. The lowest BCUT2D eigenvalue weighted by Gasteiger charge is -2.34. The van der Waals surface area contributed by atoms with Crippen molar-refractivity contribution in [1.29, 1.82) is 0 Å². The molecule has 0 unspecified atom stereocenters. The van der Waals surface area contributed by atoms with Gasteiger partial charge in [-0.25, -0.2) is 4.39 Å². The van der Waals surface area contributed by atoms with Crippen LogP contribution in [0.15, 0.2) is 41.0 Å². The van der Waals surface area contributed by atoms with E-state index in [4.69, 9.17) is 4.42 Å². The number of furan rings is 1. The van der Waals surface area contributed by atoms with Crippen LogP contribution in [0.3, 0.4) is 0 Å². The molecule has 106 valence electrons. The highest BCUT2D eigenvalue weighted by atomic mass is 19.1. The van der Waals surface area contributed by atoms with E-state index in [0.29, 0.717) is 0 Å². The van der Waals surface area contributed by atoms with Crippen LogP contribution in [0.5, 0.6) is 0 Å². The van der Waals surface area contributed by atoms with Crippen molar-refractivity contribution >= 4 is 0 Å². The molecule has 1 saturated heterocycles. The van der Waals surface area contributed by atoms with E-state index >= 15 is 0 Å². The first-order valence-electron chi connectivity index (χ1n) is 7.00. The first-order valence-corrected chi connectivity index (χ1v) is 7.00. The van der Waals surface area contributed by atoms with E-state index in [0.717, 1.165) is 43.1 Å². The third-order valence-electron chi connectivity index (χ3n) is 3.86. The quantitative estimate of drug-likeness (QED) is 0.933. The maximum Gasteiger partial charge on any atom is 0.125 e. The average Bonchev–Trinajstić information content (AvgIpc) is 2.97. The summed E-state index contributed by atoms with van der Waals surface area (Å²) in [5.41, 5.74) is 2.08. The van der Waals surface area contributed by atoms with Gasteiger partial charge in [0.1, 0.15) is 11.6 Å². The minimum absolute atomic E-state index is 0.0627. The smallest absolute Gasteiger partial charge is 0.125 e. The van der Waals surface area contributed by atoms with Gasteiger partial charge in [0, 0.05) is 26.2 Å². The number of nitrogens with one attached hydrogen (secondary N) is 1. The minimum atomic E-state index is -0.190. The lowest BCUT2D eigenvalue weighted by atomic mass is 9.97. The molecule has 0 saturated carbocycles. The Morgan fingerprint density at radius 2 is 2.05 bits per heavy atom. The summed E-state index contributed by atoms with van der Waals surface area (Å²) in [5, 5.41) is 3.36. The summed E-state index contributed by atoms with van der Waals surface area (Å²) in [7, 11) is 0. The van der Waals surface area contributed by atoms with Crippen LogP contribution in [0.1, 0.15) is 22.9 Å². The molecule has 1 aromatic carbocycles. The molecule has 20 heavy (non-hydrogen) atoms. The predicted octanol–water partition coefficient (Wildman–Crippen LogP) is 2.72. The van der Waals surface area contributed by atoms with Crippen LogP contribution in [-0.4, -0.2) is 31.1 Å². The van der Waals surface area contributed by atoms with Crippen LogP contribution >= 0.6 is 0 Å². The topological polar surface area (TPSA) is 28.4 Å². The number of nitrogens with zero attached hydrogens (tertiary/aromatic N) is 1. The normalized spacial score (nSPS) is 18.1. The molecule has 0 aliphatic carbocycles. The first kappa shape index (κ1) is 13.3. The van der Waals surface area contributed by atoms with Crippen LogP contribution in [-0.2, 0) is 0 Å². The number of hydrogen-bond acceptors (Lipinski definition) is 3. The summed E-state index contributed by atoms with van der Waals surface area (Å²) in [5.74, 6) is 0.728. The predicted molar refractivity (Wildman–Crippen MR) is 76.1 cm³/mol. The molecule has 1 aliphatic rings. The van der Waals surface area contributed by atoms with E-state index in [1.807, 2.05) is 25.1 Å². The van der Waals surface area contributed by atoms with Crippen LogP contribution in [0, 0.1) is 12.7 Å². The van der Waals surface area contributed by atoms with Gasteiger partial charge in [0.15, 0.2) is 0 Å². The summed E-state index contributed by atoms with van der Waals surface area (Å²) in [6.07, 6.45) is 1.70. The zero-order valence-electron chi connectivity index (χ0n) is 11.6. The van der Waals surface area contributed by atoms with Crippen LogP contribution in [0.25, 0.3) is 0 Å². The van der Waals surface area contributed by atoms with E-state index in [9.17, 15) is 4.39 Å². The van der Waals surface area contributed by atoms with E-state index in [2.05, 4.69) is 10.2 Å². The highest BCUT2D eigenvalue weighted by Crippen LogP contribution is 2.31. The van der Waals surface area contributed by atoms with Gasteiger partial charge >= 0.3 is 0 Å². The largest absolute Gasteiger partial charge is 0.467 e. The van der Waals surface area contributed by atoms with Gasteiger partial charge in [0.25, 0.3) is 0 Å². The number of hydrogen-bond donors (Lipinski definition) is 1. The molecule has 4 heteroatoms. The Balaban J connectivity index is 2.00. The molecule has 0 bridgehead atoms. The van der Waals surface area contributed by atoms with Crippen molar-refractivity contribution in [3.8, 4) is 0 Å². The SMILES string of the molecule is Cc1cc(F)ccc1[C@@H](c1ccco1)N1CCNCC1. The van der Waals surface area contributed by atoms with Gasteiger partial charge in [0.2, 0.25) is 0 Å². The van der Waals surface area contributed by atoms with Gasteiger partial charge in [-0.05, 0) is 42.3 Å². The fourth-order valence-electron chi connectivity index (χ4n) is 2.86. The zero-order chi connectivity index (χ0) is 13.9. The van der Waals surface area contributed by atoms with Crippen LogP contribution < -0.4 is 5.32 Å². The minimum Gasteiger partial charge on any atom is -0.467 e. The van der Waals surface area contributed by atoms with E-state index < -0.39 is 0 Å². The standard InChI is InChI=1S/C16H19FN2O/c1-12-11-13(17)4-5-14(12)16(15-3-2-10-20-15)19-8-6-18-7-9-19/h2-5,10-11,16,18H,6-9H2,1H3/t16-/m0/s1. The van der Waals surface area contributed by atoms with Crippen LogP contribution in [0.4, 0.5) is 4.39 Å². The maximum absolute atomic E-state index is 13.3. The molecule has 2 aromatic rings. The van der Waals surface area contributed by atoms with Gasteiger partial charge in [-0.2, -0.15) is 0 Å². The molecule has 3 nitrogen and oxygen atoms in total. The van der Waals surface area contributed by atoms with Crippen LogP contribution in [0.2, 0.25) is 0 Å². The number of rotatable bonds is 3. The second-order valence-electron chi connectivity index (χ2n) is 5.20. The monoisotopic (exact) mass is 274 g/mol. The maximum atomic E-state index is 13.3. The molecule has 0 spiro atoms. The van der Waals surface area contributed by atoms with Gasteiger partial charge in [-0.15, -0.1) is 0 Å². The van der Waals surface area contributed by atoms with Crippen molar-refractivity contribution in [3.63, 3.8) is 0 Å². The molecule has 1 N–H and O–H groups in total. The lowest BCUT2D eigenvalue weighted by Crippen LogP contribution is -2.45. The Hall–Kier alpha value is -1.65. The molecule has 0 radical (unpaired) electrons. The van der Waals surface area contributed by atoms with Crippen molar-refractivity contribution in [3.05, 3.63) is 59.3 Å². The third kappa shape index (κ3) is 2.62. The van der Waals surface area contributed by atoms with E-state index in [-0.39, 0.29) is 11.9 Å². The number of piperazine rings is 1. The van der Waals surface area contributed by atoms with Crippen molar-refractivity contribution < 1.29 is 8.81 Å². The van der Waals surface area contributed by atoms with Gasteiger partial charge in [-0.3, -0.25) is 4.90 Å². The molecule has 1 aliphatic heterocycles. The molecular weight excluding hydrogens is 255 g/mol. The van der Waals surface area contributed by atoms with Crippen molar-refractivity contribution in [2.75, 3.05) is 26.2 Å². The Bertz CT molecular complexity index is 562. The third-order valence-corrected chi connectivity index (χ3v) is 3.86. The molecular formula is C16H19FN2O. The summed E-state index contributed by atoms with van der Waals surface area (Å²) >= 11 is 0. The zero-order valence-corrected chi connectivity index (χ0v) is 11.6. The average molecular weight is 274 g/mol. The highest BCUT2D eigenvalue weighted by Gasteiger charge is 2.27. The number of benzene rings is 1. The van der Waals surface area contributed by atoms with Gasteiger partial charge < -0.3 is 9.73 Å². The first-order chi connectivity index (χ1) is 9.75. The summed E-state index contributed by atoms with van der Waals surface area (Å²) in [4.78, 5) is 2.38. The Morgan fingerprint density at radius 3 is 2.70 bits per heavy atom. The van der Waals surface area contributed by atoms with E-state index in [1.165, 1.54) is 6.07 Å². The fraction of sp³-hybridized carbons (Fsp3) is 0.375. The summed E-state index contributed by atoms with van der Waals surface area (Å²) in [6.45, 7) is 5.82. The second kappa shape index (κ2) is 5.77. The molecule has 2 heterocycles. The van der Waals surface area contributed by atoms with Crippen molar-refractivity contribution in [2.45, 2.75) is 13.0 Å². The number of halogens is 1. The van der Waals surface area contributed by atoms with Gasteiger partial charge in [-0.1, -0.05) is 6.07 Å². The van der Waals surface area contributed by atoms with Crippen molar-refractivity contribution in [1.82, 2.24) is 10.2 Å². The second-order valence-corrected chi connectivity index (χ2v) is 5.20. The molecule has 1 atom stereocenters. The summed E-state index contributed by atoms with van der Waals surface area (Å²) in [6, 6.07) is 8.96. The highest BCUT2D eigenvalue weighted by molar-refractivity contribution is 5.34. The molecule has 1 fully saturated rings. The lowest BCUT2D eigenvalue weighted by molar-refractivity contribution is 0.179. The van der Waals surface area contributed by atoms with E-state index in [1.54, 1.807) is 12.3 Å². The summed E-state index contributed by atoms with van der Waals surface area (Å²) < 4.78 is 19.0. The number of aryl methyl sites for hydroxylation is 1. The Kier molecular flexibility index (Phi) is 3.85. The fourth-order valence-corrected chi connectivity index (χ4v) is 2.86.